The van der Waals surface area contributed by atoms with Crippen LogP contribution < -0.4 is 5.73 Å². The molecule has 0 aliphatic heterocycles. The number of nitrogens with two attached hydrogens (primary N) is 1. The minimum absolute atomic E-state index is 0.146. The van der Waals surface area contributed by atoms with Crippen molar-refractivity contribution in [2.24, 2.45) is 5.73 Å². The van der Waals surface area contributed by atoms with Crippen LogP contribution in [0.1, 0.15) is 27.9 Å². The zero-order chi connectivity index (χ0) is 10.7. The summed E-state index contributed by atoms with van der Waals surface area (Å²) in [6.45, 7) is 1.53. The van der Waals surface area contributed by atoms with Gasteiger partial charge in [0.25, 0.3) is 6.43 Å². The zero-order valence-electron chi connectivity index (χ0n) is 7.76. The first-order chi connectivity index (χ1) is 6.56. The van der Waals surface area contributed by atoms with Gasteiger partial charge in [0.15, 0.2) is 5.78 Å². The lowest BCUT2D eigenvalue weighted by Crippen LogP contribution is -2.15. The van der Waals surface area contributed by atoms with E-state index in [-0.39, 0.29) is 23.5 Å². The molecule has 0 unspecified atom stereocenters. The van der Waals surface area contributed by atoms with E-state index in [1.165, 1.54) is 18.2 Å². The van der Waals surface area contributed by atoms with Gasteiger partial charge in [0, 0.05) is 11.1 Å². The molecule has 0 fully saturated rings. The molecule has 1 rings (SSSR count). The topological polar surface area (TPSA) is 43.1 Å². The summed E-state index contributed by atoms with van der Waals surface area (Å²) in [6, 6.07) is 4.02. The van der Waals surface area contributed by atoms with Crippen molar-refractivity contribution in [1.29, 1.82) is 0 Å². The number of hydrogen-bond donors (Lipinski definition) is 1. The van der Waals surface area contributed by atoms with Gasteiger partial charge in [-0.25, -0.2) is 8.78 Å². The molecule has 0 bridgehead atoms. The van der Waals surface area contributed by atoms with Crippen LogP contribution in [0.15, 0.2) is 18.2 Å². The van der Waals surface area contributed by atoms with Crippen molar-refractivity contribution in [3.63, 3.8) is 0 Å². The summed E-state index contributed by atoms with van der Waals surface area (Å²) >= 11 is 0. The molecule has 4 heteroatoms. The lowest BCUT2D eigenvalue weighted by molar-refractivity contribution is 0.1000. The van der Waals surface area contributed by atoms with Gasteiger partial charge >= 0.3 is 0 Å². The Morgan fingerprint density at radius 3 is 2.64 bits per heavy atom. The first-order valence-electron chi connectivity index (χ1n) is 4.18. The standard InChI is InChI=1S/C10H11F2NO/c1-6-2-3-7(10(11)12)4-8(6)9(14)5-13/h2-4,10H,5,13H2,1H3. The van der Waals surface area contributed by atoms with E-state index >= 15 is 0 Å². The number of alkyl halides is 2. The van der Waals surface area contributed by atoms with E-state index in [0.717, 1.165) is 0 Å². The number of Topliss-reactive ketones (excluding diaryl/α,β-unsaturated/α-hetero) is 1. The van der Waals surface area contributed by atoms with Crippen molar-refractivity contribution in [1.82, 2.24) is 0 Å². The monoisotopic (exact) mass is 199 g/mol. The Bertz CT molecular complexity index is 350. The molecule has 2 nitrogen and oxygen atoms in total. The van der Waals surface area contributed by atoms with Gasteiger partial charge in [-0.1, -0.05) is 12.1 Å². The maximum absolute atomic E-state index is 12.3. The molecule has 1 aromatic rings. The van der Waals surface area contributed by atoms with E-state index in [4.69, 9.17) is 5.73 Å². The molecule has 0 radical (unpaired) electrons. The van der Waals surface area contributed by atoms with Crippen molar-refractivity contribution >= 4 is 5.78 Å². The van der Waals surface area contributed by atoms with Gasteiger partial charge in [-0.2, -0.15) is 0 Å². The maximum Gasteiger partial charge on any atom is 0.263 e. The third kappa shape index (κ3) is 2.14. The highest BCUT2D eigenvalue weighted by molar-refractivity contribution is 5.98. The summed E-state index contributed by atoms with van der Waals surface area (Å²) in [5.41, 5.74) is 5.97. The Kier molecular flexibility index (Phi) is 3.30. The molecule has 1 aromatic carbocycles. The predicted molar refractivity (Wildman–Crippen MR) is 49.5 cm³/mol. The Morgan fingerprint density at radius 2 is 2.14 bits per heavy atom. The molecule has 0 atom stereocenters. The summed E-state index contributed by atoms with van der Waals surface area (Å²) in [5, 5.41) is 0. The number of carbonyl (C=O) groups excluding carboxylic acids is 1. The minimum atomic E-state index is -2.56. The molecule has 0 heterocycles. The van der Waals surface area contributed by atoms with Crippen LogP contribution in [0.2, 0.25) is 0 Å². The number of benzene rings is 1. The molecule has 0 aromatic heterocycles. The number of halogens is 2. The first-order valence-corrected chi connectivity index (χ1v) is 4.18. The number of aryl methyl sites for hydroxylation is 1. The van der Waals surface area contributed by atoms with E-state index in [1.54, 1.807) is 6.92 Å². The van der Waals surface area contributed by atoms with E-state index < -0.39 is 6.43 Å². The average Bonchev–Trinajstić information content (AvgIpc) is 2.17. The van der Waals surface area contributed by atoms with Crippen LogP contribution in [0.3, 0.4) is 0 Å². The lowest BCUT2D eigenvalue weighted by Gasteiger charge is -2.06. The summed E-state index contributed by atoms with van der Waals surface area (Å²) in [7, 11) is 0. The SMILES string of the molecule is Cc1ccc(C(F)F)cc1C(=O)CN. The second kappa shape index (κ2) is 4.28. The number of ketones is 1. The van der Waals surface area contributed by atoms with Crippen molar-refractivity contribution < 1.29 is 13.6 Å². The average molecular weight is 199 g/mol. The van der Waals surface area contributed by atoms with E-state index in [1.807, 2.05) is 0 Å². The van der Waals surface area contributed by atoms with Crippen LogP contribution in [0, 0.1) is 6.92 Å². The van der Waals surface area contributed by atoms with Crippen LogP contribution in [0.25, 0.3) is 0 Å². The molecular weight excluding hydrogens is 188 g/mol. The Balaban J connectivity index is 3.15. The fourth-order valence-corrected chi connectivity index (χ4v) is 1.19. The third-order valence-electron chi connectivity index (χ3n) is 2.00. The molecule has 0 amide bonds. The number of carbonyl (C=O) groups is 1. The van der Waals surface area contributed by atoms with E-state index in [0.29, 0.717) is 5.56 Å². The molecule has 14 heavy (non-hydrogen) atoms. The molecular formula is C10H11F2NO. The van der Waals surface area contributed by atoms with E-state index in [9.17, 15) is 13.6 Å². The highest BCUT2D eigenvalue weighted by Crippen LogP contribution is 2.21. The van der Waals surface area contributed by atoms with Crippen molar-refractivity contribution in [2.75, 3.05) is 6.54 Å². The Hall–Kier alpha value is -1.29. The second-order valence-corrected chi connectivity index (χ2v) is 3.00. The zero-order valence-corrected chi connectivity index (χ0v) is 7.76. The molecule has 76 valence electrons. The number of rotatable bonds is 3. The molecule has 0 aliphatic carbocycles. The molecule has 0 saturated carbocycles. The van der Waals surface area contributed by atoms with Gasteiger partial charge in [-0.15, -0.1) is 0 Å². The van der Waals surface area contributed by atoms with Crippen LogP contribution in [-0.4, -0.2) is 12.3 Å². The Labute approximate surface area is 80.7 Å². The van der Waals surface area contributed by atoms with Crippen molar-refractivity contribution in [3.05, 3.63) is 34.9 Å². The summed E-state index contributed by atoms with van der Waals surface area (Å²) < 4.78 is 24.6. The van der Waals surface area contributed by atoms with Gasteiger partial charge in [0.05, 0.1) is 6.54 Å². The van der Waals surface area contributed by atoms with Gasteiger partial charge in [-0.3, -0.25) is 4.79 Å². The van der Waals surface area contributed by atoms with Crippen molar-refractivity contribution in [2.45, 2.75) is 13.3 Å². The normalized spacial score (nSPS) is 10.6. The number of hydrogen-bond acceptors (Lipinski definition) is 2. The van der Waals surface area contributed by atoms with Gasteiger partial charge in [0.1, 0.15) is 0 Å². The molecule has 0 spiro atoms. The van der Waals surface area contributed by atoms with Gasteiger partial charge in [-0.05, 0) is 18.6 Å². The summed E-state index contributed by atoms with van der Waals surface area (Å²) in [4.78, 5) is 11.2. The second-order valence-electron chi connectivity index (χ2n) is 3.00. The minimum Gasteiger partial charge on any atom is -0.324 e. The fraction of sp³-hybridized carbons (Fsp3) is 0.300. The smallest absolute Gasteiger partial charge is 0.263 e. The summed E-state index contributed by atoms with van der Waals surface area (Å²) in [6.07, 6.45) is -2.56. The highest BCUT2D eigenvalue weighted by atomic mass is 19.3. The first kappa shape index (κ1) is 10.8. The maximum atomic E-state index is 12.3. The molecule has 0 saturated heterocycles. The predicted octanol–water partition coefficient (Wildman–Crippen LogP) is 2.07. The fourth-order valence-electron chi connectivity index (χ4n) is 1.19. The van der Waals surface area contributed by atoms with Crippen LogP contribution >= 0.6 is 0 Å². The largest absolute Gasteiger partial charge is 0.324 e. The van der Waals surface area contributed by atoms with Gasteiger partial charge in [0.2, 0.25) is 0 Å². The molecule has 0 aliphatic rings. The molecule has 2 N–H and O–H groups in total. The highest BCUT2D eigenvalue weighted by Gasteiger charge is 2.12. The van der Waals surface area contributed by atoms with Gasteiger partial charge < -0.3 is 5.73 Å². The summed E-state index contributed by atoms with van der Waals surface area (Å²) in [5.74, 6) is -0.315. The Morgan fingerprint density at radius 1 is 1.50 bits per heavy atom. The quantitative estimate of drug-likeness (QED) is 0.757. The van der Waals surface area contributed by atoms with Crippen LogP contribution in [-0.2, 0) is 0 Å². The van der Waals surface area contributed by atoms with Crippen LogP contribution in [0.4, 0.5) is 8.78 Å². The third-order valence-corrected chi connectivity index (χ3v) is 2.00. The van der Waals surface area contributed by atoms with Crippen LogP contribution in [0.5, 0.6) is 0 Å². The van der Waals surface area contributed by atoms with Crippen molar-refractivity contribution in [3.8, 4) is 0 Å². The lowest BCUT2D eigenvalue weighted by atomic mass is 10.0. The van der Waals surface area contributed by atoms with E-state index in [2.05, 4.69) is 0 Å².